The minimum atomic E-state index is -0.338. The molecule has 0 unspecified atom stereocenters. The molecule has 1 amide bonds. The van der Waals surface area contributed by atoms with Gasteiger partial charge in [0, 0.05) is 58.6 Å². The summed E-state index contributed by atoms with van der Waals surface area (Å²) in [7, 11) is 0. The summed E-state index contributed by atoms with van der Waals surface area (Å²) in [4.78, 5) is 28.2. The lowest BCUT2D eigenvalue weighted by atomic mass is 9.97. The van der Waals surface area contributed by atoms with Crippen LogP contribution in [-0.2, 0) is 14.3 Å². The molecule has 2 N–H and O–H groups in total. The highest BCUT2D eigenvalue weighted by atomic mass is 16.5. The SMILES string of the molecule is CCOC(=O)C1CCN(/C=C(/C#N)C(=O)NCCN2CCNCC2)CC1. The Hall–Kier alpha value is -2.11. The molecular weight excluding hydrogens is 334 g/mol. The normalized spacial score (nSPS) is 19.7. The van der Waals surface area contributed by atoms with Gasteiger partial charge in [0.05, 0.1) is 12.5 Å². The van der Waals surface area contributed by atoms with Crippen molar-refractivity contribution in [1.82, 2.24) is 20.4 Å². The molecular formula is C18H29N5O3. The average Bonchev–Trinajstić information content (AvgIpc) is 2.67. The minimum Gasteiger partial charge on any atom is -0.466 e. The molecule has 8 heteroatoms. The molecule has 0 aliphatic carbocycles. The summed E-state index contributed by atoms with van der Waals surface area (Å²) in [6, 6.07) is 1.98. The van der Waals surface area contributed by atoms with Crippen LogP contribution < -0.4 is 10.6 Å². The van der Waals surface area contributed by atoms with Crippen molar-refractivity contribution >= 4 is 11.9 Å². The highest BCUT2D eigenvalue weighted by molar-refractivity contribution is 5.97. The summed E-state index contributed by atoms with van der Waals surface area (Å²) < 4.78 is 5.05. The molecule has 0 atom stereocenters. The number of piperazine rings is 1. The van der Waals surface area contributed by atoms with E-state index in [2.05, 4.69) is 15.5 Å². The quantitative estimate of drug-likeness (QED) is 0.364. The molecule has 2 rings (SSSR count). The molecule has 0 spiro atoms. The number of rotatable bonds is 7. The van der Waals surface area contributed by atoms with Crippen molar-refractivity contribution in [3.8, 4) is 6.07 Å². The van der Waals surface area contributed by atoms with Crippen LogP contribution in [-0.4, -0.2) is 80.6 Å². The third-order valence-corrected chi connectivity index (χ3v) is 4.75. The van der Waals surface area contributed by atoms with Crippen molar-refractivity contribution in [2.45, 2.75) is 19.8 Å². The van der Waals surface area contributed by atoms with Crippen molar-refractivity contribution in [3.63, 3.8) is 0 Å². The van der Waals surface area contributed by atoms with E-state index < -0.39 is 0 Å². The van der Waals surface area contributed by atoms with Crippen LogP contribution in [0.15, 0.2) is 11.8 Å². The van der Waals surface area contributed by atoms with Gasteiger partial charge in [-0.2, -0.15) is 5.26 Å². The second kappa shape index (κ2) is 10.8. The fraction of sp³-hybridized carbons (Fsp3) is 0.722. The van der Waals surface area contributed by atoms with Crippen LogP contribution in [0.5, 0.6) is 0 Å². The largest absolute Gasteiger partial charge is 0.466 e. The molecule has 2 fully saturated rings. The number of carbonyl (C=O) groups is 2. The van der Waals surface area contributed by atoms with Crippen LogP contribution >= 0.6 is 0 Å². The summed E-state index contributed by atoms with van der Waals surface area (Å²) in [6.07, 6.45) is 2.97. The number of carbonyl (C=O) groups excluding carboxylic acids is 2. The lowest BCUT2D eigenvalue weighted by Gasteiger charge is -2.30. The van der Waals surface area contributed by atoms with Gasteiger partial charge in [-0.3, -0.25) is 14.5 Å². The maximum absolute atomic E-state index is 12.2. The van der Waals surface area contributed by atoms with Gasteiger partial charge in [-0.25, -0.2) is 0 Å². The Kier molecular flexibility index (Phi) is 8.38. The fourth-order valence-corrected chi connectivity index (χ4v) is 3.20. The molecule has 0 radical (unpaired) electrons. The van der Waals surface area contributed by atoms with E-state index in [-0.39, 0.29) is 23.4 Å². The van der Waals surface area contributed by atoms with Gasteiger partial charge < -0.3 is 20.3 Å². The Balaban J connectivity index is 1.75. The van der Waals surface area contributed by atoms with Crippen LogP contribution in [0.3, 0.4) is 0 Å². The molecule has 0 aromatic carbocycles. The third-order valence-electron chi connectivity index (χ3n) is 4.75. The number of hydrogen-bond acceptors (Lipinski definition) is 7. The predicted octanol–water partition coefficient (Wildman–Crippen LogP) is -0.310. The highest BCUT2D eigenvalue weighted by Crippen LogP contribution is 2.19. The average molecular weight is 363 g/mol. The van der Waals surface area contributed by atoms with E-state index >= 15 is 0 Å². The lowest BCUT2D eigenvalue weighted by Crippen LogP contribution is -2.46. The van der Waals surface area contributed by atoms with Crippen molar-refractivity contribution in [3.05, 3.63) is 11.8 Å². The number of nitrogens with zero attached hydrogens (tertiary/aromatic N) is 3. The number of nitrogens with one attached hydrogen (secondary N) is 2. The summed E-state index contributed by atoms with van der Waals surface area (Å²) in [5.41, 5.74) is 0.111. The van der Waals surface area contributed by atoms with Crippen LogP contribution in [0.2, 0.25) is 0 Å². The first kappa shape index (κ1) is 20.2. The molecule has 2 aliphatic rings. The summed E-state index contributed by atoms with van der Waals surface area (Å²) in [5, 5.41) is 15.4. The number of ether oxygens (including phenoxy) is 1. The van der Waals surface area contributed by atoms with Gasteiger partial charge in [-0.15, -0.1) is 0 Å². The number of hydrogen-bond donors (Lipinski definition) is 2. The van der Waals surface area contributed by atoms with E-state index in [4.69, 9.17) is 4.74 Å². The highest BCUT2D eigenvalue weighted by Gasteiger charge is 2.25. The van der Waals surface area contributed by atoms with Crippen LogP contribution in [0.1, 0.15) is 19.8 Å². The first-order chi connectivity index (χ1) is 12.6. The van der Waals surface area contributed by atoms with Crippen molar-refractivity contribution in [2.24, 2.45) is 5.92 Å². The third kappa shape index (κ3) is 6.32. The molecule has 0 bridgehead atoms. The zero-order valence-corrected chi connectivity index (χ0v) is 15.5. The number of likely N-dealkylation sites (tertiary alicyclic amines) is 1. The van der Waals surface area contributed by atoms with Gasteiger partial charge in [0.1, 0.15) is 11.6 Å². The summed E-state index contributed by atoms with van der Waals surface area (Å²) >= 11 is 0. The molecule has 0 aromatic heterocycles. The topological polar surface area (TPSA) is 97.7 Å². The molecule has 0 saturated carbocycles. The maximum atomic E-state index is 12.2. The zero-order valence-electron chi connectivity index (χ0n) is 15.5. The number of esters is 1. The van der Waals surface area contributed by atoms with Gasteiger partial charge in [0.25, 0.3) is 5.91 Å². The Labute approximate surface area is 155 Å². The standard InChI is InChI=1S/C18H29N5O3/c1-2-26-18(25)15-3-8-23(9-4-15)14-16(13-19)17(24)21-7-12-22-10-5-20-6-11-22/h14-15,20H,2-12H2,1H3,(H,21,24)/b16-14-. The molecule has 0 aromatic rings. The van der Waals surface area contributed by atoms with E-state index in [0.717, 1.165) is 32.7 Å². The van der Waals surface area contributed by atoms with Gasteiger partial charge in [0.2, 0.25) is 0 Å². The van der Waals surface area contributed by atoms with Crippen LogP contribution in [0.4, 0.5) is 0 Å². The Morgan fingerprint density at radius 2 is 1.96 bits per heavy atom. The second-order valence-electron chi connectivity index (χ2n) is 6.56. The van der Waals surface area contributed by atoms with Crippen LogP contribution in [0, 0.1) is 17.2 Å². The lowest BCUT2D eigenvalue weighted by molar-refractivity contribution is -0.149. The molecule has 8 nitrogen and oxygen atoms in total. The number of nitriles is 1. The van der Waals surface area contributed by atoms with Crippen LogP contribution in [0.25, 0.3) is 0 Å². The zero-order chi connectivity index (χ0) is 18.8. The Bertz CT molecular complexity index is 544. The molecule has 2 heterocycles. The predicted molar refractivity (Wildman–Crippen MR) is 96.9 cm³/mol. The van der Waals surface area contributed by atoms with Gasteiger partial charge in [0.15, 0.2) is 0 Å². The number of amides is 1. The van der Waals surface area contributed by atoms with Crippen molar-refractivity contribution < 1.29 is 14.3 Å². The Morgan fingerprint density at radius 1 is 1.27 bits per heavy atom. The number of piperidine rings is 1. The molecule has 26 heavy (non-hydrogen) atoms. The molecule has 2 saturated heterocycles. The first-order valence-electron chi connectivity index (χ1n) is 9.38. The summed E-state index contributed by atoms with van der Waals surface area (Å²) in [5.74, 6) is -0.574. The van der Waals surface area contributed by atoms with E-state index in [9.17, 15) is 14.9 Å². The second-order valence-corrected chi connectivity index (χ2v) is 6.56. The van der Waals surface area contributed by atoms with E-state index in [1.807, 2.05) is 11.0 Å². The van der Waals surface area contributed by atoms with E-state index in [1.54, 1.807) is 13.1 Å². The van der Waals surface area contributed by atoms with Gasteiger partial charge in [-0.05, 0) is 19.8 Å². The van der Waals surface area contributed by atoms with Crippen molar-refractivity contribution in [2.75, 3.05) is 59.0 Å². The fourth-order valence-electron chi connectivity index (χ4n) is 3.20. The minimum absolute atomic E-state index is 0.0852. The van der Waals surface area contributed by atoms with E-state index in [0.29, 0.717) is 39.1 Å². The smallest absolute Gasteiger partial charge is 0.309 e. The monoisotopic (exact) mass is 363 g/mol. The first-order valence-corrected chi connectivity index (χ1v) is 9.38. The van der Waals surface area contributed by atoms with Crippen molar-refractivity contribution in [1.29, 1.82) is 5.26 Å². The van der Waals surface area contributed by atoms with Gasteiger partial charge in [-0.1, -0.05) is 0 Å². The van der Waals surface area contributed by atoms with Gasteiger partial charge >= 0.3 is 5.97 Å². The summed E-state index contributed by atoms with van der Waals surface area (Å²) in [6.45, 7) is 8.70. The Morgan fingerprint density at radius 3 is 2.58 bits per heavy atom. The molecule has 2 aliphatic heterocycles. The molecule has 144 valence electrons. The maximum Gasteiger partial charge on any atom is 0.309 e. The van der Waals surface area contributed by atoms with E-state index in [1.165, 1.54) is 0 Å².